The van der Waals surface area contributed by atoms with Crippen molar-refractivity contribution < 1.29 is 22.3 Å². The van der Waals surface area contributed by atoms with Gasteiger partial charge in [-0.25, -0.2) is 27.8 Å². The van der Waals surface area contributed by atoms with Crippen molar-refractivity contribution in [2.75, 3.05) is 30.1 Å². The number of nitrogens with zero attached hydrogens (tertiary/aromatic N) is 4. The minimum absolute atomic E-state index is 0.0407. The maximum absolute atomic E-state index is 13.8. The molecule has 0 atom stereocenters. The number of aromatic nitrogens is 4. The third-order valence-electron chi connectivity index (χ3n) is 5.87. The molecule has 1 aliphatic rings. The molecular weight excluding hydrogens is 513 g/mol. The van der Waals surface area contributed by atoms with E-state index in [1.54, 1.807) is 25.1 Å². The summed E-state index contributed by atoms with van der Waals surface area (Å²) in [5, 5.41) is 15.8. The van der Waals surface area contributed by atoms with Crippen LogP contribution in [0.5, 0.6) is 5.75 Å². The number of imidazole rings is 1. The molecule has 11 nitrogen and oxygen atoms in total. The van der Waals surface area contributed by atoms with E-state index < -0.39 is 15.7 Å². The number of pyridine rings is 2. The zero-order valence-electron chi connectivity index (χ0n) is 20.6. The fraction of sp³-hybridized carbons (Fsp3) is 0.280. The molecular formula is C25H24FN7O4S. The third-order valence-corrected chi connectivity index (χ3v) is 7.00. The third kappa shape index (κ3) is 5.51. The monoisotopic (exact) mass is 537 g/mol. The number of hydrogen-bond donors (Lipinski definition) is 3. The molecule has 4 heterocycles. The van der Waals surface area contributed by atoms with E-state index in [9.17, 15) is 18.1 Å². The highest BCUT2D eigenvalue weighted by Gasteiger charge is 2.20. The Balaban J connectivity index is 1.47. The quantitative estimate of drug-likeness (QED) is 0.313. The predicted molar refractivity (Wildman–Crippen MR) is 138 cm³/mol. The Morgan fingerprint density at radius 1 is 1.08 bits per heavy atom. The largest absolute Gasteiger partial charge is 0.487 e. The number of hydrogen-bond acceptors (Lipinski definition) is 10. The van der Waals surface area contributed by atoms with Crippen LogP contribution in [-0.4, -0.2) is 53.9 Å². The Morgan fingerprint density at radius 3 is 2.61 bits per heavy atom. The predicted octanol–water partition coefficient (Wildman–Crippen LogP) is 4.12. The molecule has 0 spiro atoms. The highest BCUT2D eigenvalue weighted by atomic mass is 32.2. The van der Waals surface area contributed by atoms with Crippen molar-refractivity contribution in [1.29, 1.82) is 5.26 Å². The van der Waals surface area contributed by atoms with Crippen molar-refractivity contribution in [2.24, 2.45) is 0 Å². The first kappa shape index (κ1) is 25.4. The van der Waals surface area contributed by atoms with Crippen molar-refractivity contribution in [3.05, 3.63) is 53.7 Å². The zero-order valence-corrected chi connectivity index (χ0v) is 21.4. The molecule has 0 radical (unpaired) electrons. The van der Waals surface area contributed by atoms with E-state index in [1.807, 2.05) is 0 Å². The maximum Gasteiger partial charge on any atom is 0.184 e. The number of nitriles is 1. The molecule has 5 rings (SSSR count). The van der Waals surface area contributed by atoms with Crippen LogP contribution in [0, 0.1) is 24.1 Å². The highest BCUT2D eigenvalue weighted by Crippen LogP contribution is 2.32. The van der Waals surface area contributed by atoms with Gasteiger partial charge >= 0.3 is 0 Å². The van der Waals surface area contributed by atoms with Gasteiger partial charge in [-0.05, 0) is 37.3 Å². The first-order valence-corrected chi connectivity index (χ1v) is 13.7. The highest BCUT2D eigenvalue weighted by molar-refractivity contribution is 7.90. The van der Waals surface area contributed by atoms with Gasteiger partial charge in [-0.2, -0.15) is 5.26 Å². The number of halogens is 1. The topological polar surface area (TPSA) is 155 Å². The molecule has 38 heavy (non-hydrogen) atoms. The molecule has 3 N–H and O–H groups in total. The van der Waals surface area contributed by atoms with Crippen molar-refractivity contribution in [3.63, 3.8) is 0 Å². The fourth-order valence-electron chi connectivity index (χ4n) is 4.11. The van der Waals surface area contributed by atoms with Gasteiger partial charge in [-0.15, -0.1) is 0 Å². The Morgan fingerprint density at radius 2 is 1.87 bits per heavy atom. The lowest BCUT2D eigenvalue weighted by atomic mass is 10.1. The van der Waals surface area contributed by atoms with Crippen molar-refractivity contribution in [3.8, 4) is 11.8 Å². The second-order valence-electron chi connectivity index (χ2n) is 8.82. The van der Waals surface area contributed by atoms with Crippen molar-refractivity contribution >= 4 is 44.0 Å². The van der Waals surface area contributed by atoms with Crippen molar-refractivity contribution in [1.82, 2.24) is 19.9 Å². The summed E-state index contributed by atoms with van der Waals surface area (Å²) >= 11 is 0. The minimum atomic E-state index is -3.73. The summed E-state index contributed by atoms with van der Waals surface area (Å²) in [6.07, 6.45) is 2.45. The van der Waals surface area contributed by atoms with Crippen LogP contribution in [0.3, 0.4) is 0 Å². The normalized spacial score (nSPS) is 14.3. The summed E-state index contributed by atoms with van der Waals surface area (Å²) in [4.78, 5) is 16.2. The van der Waals surface area contributed by atoms with Crippen LogP contribution in [0.25, 0.3) is 11.2 Å². The smallest absolute Gasteiger partial charge is 0.184 e. The molecule has 1 aliphatic heterocycles. The second kappa shape index (κ2) is 10.2. The molecule has 0 saturated carbocycles. The molecule has 0 aliphatic carbocycles. The molecule has 3 aromatic heterocycles. The lowest BCUT2D eigenvalue weighted by Crippen LogP contribution is -2.26. The molecule has 1 fully saturated rings. The number of rotatable bonds is 7. The number of benzene rings is 1. The van der Waals surface area contributed by atoms with Crippen molar-refractivity contribution in [2.45, 2.75) is 30.8 Å². The van der Waals surface area contributed by atoms with E-state index >= 15 is 0 Å². The van der Waals surface area contributed by atoms with E-state index in [-0.39, 0.29) is 22.4 Å². The fourth-order valence-corrected chi connectivity index (χ4v) is 4.96. The lowest BCUT2D eigenvalue weighted by Gasteiger charge is -2.23. The molecule has 0 bridgehead atoms. The lowest BCUT2D eigenvalue weighted by molar-refractivity contribution is 0.0253. The van der Waals surface area contributed by atoms with Gasteiger partial charge in [0, 0.05) is 25.2 Å². The van der Waals surface area contributed by atoms with Crippen LogP contribution >= 0.6 is 0 Å². The van der Waals surface area contributed by atoms with Gasteiger partial charge in [0.15, 0.2) is 26.9 Å². The van der Waals surface area contributed by atoms with Gasteiger partial charge in [-0.3, -0.25) is 0 Å². The number of nitrogens with one attached hydrogen (secondary N) is 3. The summed E-state index contributed by atoms with van der Waals surface area (Å²) in [5.41, 5.74) is 1.63. The van der Waals surface area contributed by atoms with E-state index in [0.29, 0.717) is 53.3 Å². The van der Waals surface area contributed by atoms with Crippen LogP contribution in [0.4, 0.5) is 27.4 Å². The van der Waals surface area contributed by atoms with Gasteiger partial charge < -0.3 is 25.1 Å². The molecule has 13 heteroatoms. The second-order valence-corrected chi connectivity index (χ2v) is 10.8. The van der Waals surface area contributed by atoms with Gasteiger partial charge in [-0.1, -0.05) is 0 Å². The number of aryl methyl sites for hydroxylation is 1. The minimum Gasteiger partial charge on any atom is -0.487 e. The Bertz CT molecular complexity index is 1660. The summed E-state index contributed by atoms with van der Waals surface area (Å²) in [5.74, 6) is 1.02. The van der Waals surface area contributed by atoms with Gasteiger partial charge in [0.2, 0.25) is 0 Å². The van der Waals surface area contributed by atoms with Crippen LogP contribution in [0.2, 0.25) is 0 Å². The number of anilines is 4. The summed E-state index contributed by atoms with van der Waals surface area (Å²) < 4.78 is 49.7. The average molecular weight is 538 g/mol. The van der Waals surface area contributed by atoms with Crippen LogP contribution in [0.1, 0.15) is 24.4 Å². The first-order valence-electron chi connectivity index (χ1n) is 11.8. The van der Waals surface area contributed by atoms with E-state index in [0.717, 1.165) is 25.2 Å². The molecule has 1 saturated heterocycles. The van der Waals surface area contributed by atoms with Crippen LogP contribution in [0.15, 0.2) is 41.3 Å². The SMILES string of the molecule is Cc1nc2c(Nc3ccc(F)cc3S(C)(=O)=O)cc(Nc3ccc(OC4CCOCC4)c(C#N)n3)nc2[nH]1. The zero-order chi connectivity index (χ0) is 26.9. The number of H-pyrrole nitrogens is 1. The maximum atomic E-state index is 13.8. The van der Waals surface area contributed by atoms with E-state index in [2.05, 4.69) is 36.6 Å². The van der Waals surface area contributed by atoms with Gasteiger partial charge in [0.1, 0.15) is 41.0 Å². The van der Waals surface area contributed by atoms with E-state index in [4.69, 9.17) is 9.47 Å². The number of ether oxygens (including phenoxy) is 2. The molecule has 196 valence electrons. The van der Waals surface area contributed by atoms with E-state index in [1.165, 1.54) is 12.1 Å². The number of sulfone groups is 1. The molecule has 1 aromatic carbocycles. The summed E-state index contributed by atoms with van der Waals surface area (Å²) in [7, 11) is -3.73. The first-order chi connectivity index (χ1) is 18.2. The summed E-state index contributed by atoms with van der Waals surface area (Å²) in [6, 6.07) is 10.5. The standard InChI is InChI=1S/C25H24FN7O4S/c1-14-28-24-18(30-17-4-3-15(26)11-21(17)38(2,34)35)12-23(33-25(24)29-14)32-22-6-5-20(19(13-27)31-22)37-16-7-9-36-10-8-16/h3-6,11-12,16H,7-10H2,1-2H3,(H3,28,29,30,31,32,33). The summed E-state index contributed by atoms with van der Waals surface area (Å²) in [6.45, 7) is 2.98. The Hall–Kier alpha value is -4.28. The van der Waals surface area contributed by atoms with Gasteiger partial charge in [0.05, 0.1) is 29.5 Å². The van der Waals surface area contributed by atoms with Crippen LogP contribution in [-0.2, 0) is 14.6 Å². The molecule has 0 unspecified atom stereocenters. The molecule has 0 amide bonds. The number of aromatic amines is 1. The van der Waals surface area contributed by atoms with Crippen LogP contribution < -0.4 is 15.4 Å². The average Bonchev–Trinajstić information content (AvgIpc) is 3.26. The Kier molecular flexibility index (Phi) is 6.83. The number of fused-ring (bicyclic) bond motifs is 1. The molecule has 4 aromatic rings. The Labute approximate surface area is 218 Å². The van der Waals surface area contributed by atoms with Gasteiger partial charge in [0.25, 0.3) is 0 Å².